The number of ketones is 1. The predicted octanol–water partition coefficient (Wildman–Crippen LogP) is 10.2. The molecule has 1 aliphatic carbocycles. The molecule has 1 aromatic rings. The van der Waals surface area contributed by atoms with E-state index in [0.717, 1.165) is 49.6 Å². The maximum Gasteiger partial charge on any atom is 0.205 e. The van der Waals surface area contributed by atoms with E-state index in [4.69, 9.17) is 4.74 Å². The van der Waals surface area contributed by atoms with Gasteiger partial charge in [0.15, 0.2) is 0 Å². The van der Waals surface area contributed by atoms with Crippen molar-refractivity contribution in [3.8, 4) is 0 Å². The zero-order valence-corrected chi connectivity index (χ0v) is 27.0. The molecule has 0 N–H and O–H groups in total. The lowest BCUT2D eigenvalue weighted by molar-refractivity contribution is -0.0247. The third kappa shape index (κ3) is 18.4. The van der Waals surface area contributed by atoms with Crippen LogP contribution in [-0.4, -0.2) is 28.0 Å². The molecule has 1 heterocycles. The fraction of sp³-hybridized carbons (Fsp3) is 0.735. The minimum absolute atomic E-state index is 0.0822. The highest BCUT2D eigenvalue weighted by Crippen LogP contribution is 2.27. The summed E-state index contributed by atoms with van der Waals surface area (Å²) in [5.74, 6) is 1.51. The lowest BCUT2D eigenvalue weighted by atomic mass is 9.87. The van der Waals surface area contributed by atoms with Crippen LogP contribution in [0.4, 0.5) is 0 Å². The number of aryl methyl sites for hydroxylation is 1. The number of aromatic nitrogens is 2. The fourth-order valence-corrected chi connectivity index (χ4v) is 3.03. The van der Waals surface area contributed by atoms with E-state index in [2.05, 4.69) is 92.2 Å². The molecule has 0 aliphatic heterocycles. The molecule has 4 nitrogen and oxygen atoms in total. The molecule has 0 radical (unpaired) electrons. The first-order valence-electron chi connectivity index (χ1n) is 15.0. The first-order chi connectivity index (χ1) is 17.6. The van der Waals surface area contributed by atoms with Crippen molar-refractivity contribution in [3.63, 3.8) is 0 Å². The van der Waals surface area contributed by atoms with Crippen LogP contribution in [0.2, 0.25) is 0 Å². The van der Waals surface area contributed by atoms with Crippen LogP contribution in [0.15, 0.2) is 23.9 Å². The molecule has 4 heteroatoms. The number of carbonyl (C=O) groups is 1. The molecule has 0 spiro atoms. The van der Waals surface area contributed by atoms with Gasteiger partial charge in [0.25, 0.3) is 0 Å². The Balaban J connectivity index is 0.00000146. The standard InChI is InChI=1S/C26H42N2O2.C4H8.C4H10/c1-10-13-21(18-30-26(7,8)9)14-11-12-15-24(29)23-17-27-22(20(3)28-23)16-19(2)25(4,5)6;1-4-2-3-4;1-3-4-2/h12,15-17,21H,10-11,13-14,18H2,1-9H3;4H,2-3H2,1H3;3-4H2,1-2H3/b15-12+,19-16+;;. The van der Waals surface area contributed by atoms with Crippen LogP contribution in [0.1, 0.15) is 149 Å². The molecule has 38 heavy (non-hydrogen) atoms. The van der Waals surface area contributed by atoms with Gasteiger partial charge in [-0.25, -0.2) is 4.98 Å². The van der Waals surface area contributed by atoms with Crippen LogP contribution < -0.4 is 0 Å². The van der Waals surface area contributed by atoms with E-state index in [1.165, 1.54) is 31.3 Å². The number of carbonyl (C=O) groups excluding carboxylic acids is 1. The van der Waals surface area contributed by atoms with Crippen LogP contribution in [0, 0.1) is 24.2 Å². The van der Waals surface area contributed by atoms with E-state index in [9.17, 15) is 4.79 Å². The minimum atomic E-state index is -0.110. The van der Waals surface area contributed by atoms with Crippen LogP contribution in [0.25, 0.3) is 6.08 Å². The van der Waals surface area contributed by atoms with Gasteiger partial charge < -0.3 is 4.74 Å². The molecule has 2 rings (SSSR count). The van der Waals surface area contributed by atoms with E-state index >= 15 is 0 Å². The number of ether oxygens (including phenoxy) is 1. The topological polar surface area (TPSA) is 52.1 Å². The average molecular weight is 529 g/mol. The van der Waals surface area contributed by atoms with Crippen molar-refractivity contribution in [1.82, 2.24) is 9.97 Å². The highest BCUT2D eigenvalue weighted by molar-refractivity contribution is 6.02. The Morgan fingerprint density at radius 3 is 2.05 bits per heavy atom. The van der Waals surface area contributed by atoms with Crippen molar-refractivity contribution in [2.45, 2.75) is 140 Å². The quantitative estimate of drug-likeness (QED) is 0.212. The number of rotatable bonds is 11. The highest BCUT2D eigenvalue weighted by atomic mass is 16.5. The lowest BCUT2D eigenvalue weighted by Gasteiger charge is -2.24. The minimum Gasteiger partial charge on any atom is -0.376 e. The van der Waals surface area contributed by atoms with Crippen molar-refractivity contribution in [1.29, 1.82) is 0 Å². The molecule has 1 saturated carbocycles. The van der Waals surface area contributed by atoms with Gasteiger partial charge in [-0.15, -0.1) is 0 Å². The number of hydrogen-bond acceptors (Lipinski definition) is 4. The Bertz CT molecular complexity index is 850. The molecule has 0 aromatic carbocycles. The summed E-state index contributed by atoms with van der Waals surface area (Å²) in [6, 6.07) is 0. The van der Waals surface area contributed by atoms with Gasteiger partial charge in [-0.05, 0) is 83.3 Å². The Morgan fingerprint density at radius 1 is 1.05 bits per heavy atom. The molecule has 1 aromatic heterocycles. The van der Waals surface area contributed by atoms with Crippen LogP contribution >= 0.6 is 0 Å². The number of nitrogens with zero attached hydrogens (tertiary/aromatic N) is 2. The lowest BCUT2D eigenvalue weighted by Crippen LogP contribution is -2.23. The van der Waals surface area contributed by atoms with Gasteiger partial charge in [0, 0.05) is 0 Å². The summed E-state index contributed by atoms with van der Waals surface area (Å²) in [5, 5.41) is 0. The number of allylic oxidation sites excluding steroid dienone is 3. The van der Waals surface area contributed by atoms with Crippen LogP contribution in [0.3, 0.4) is 0 Å². The summed E-state index contributed by atoms with van der Waals surface area (Å²) in [4.78, 5) is 21.4. The smallest absolute Gasteiger partial charge is 0.205 e. The molecule has 218 valence electrons. The molecule has 0 amide bonds. The van der Waals surface area contributed by atoms with E-state index in [1.807, 2.05) is 13.0 Å². The molecular weight excluding hydrogens is 468 g/mol. The molecule has 1 fully saturated rings. The van der Waals surface area contributed by atoms with Crippen molar-refractivity contribution in [3.05, 3.63) is 41.0 Å². The summed E-state index contributed by atoms with van der Waals surface area (Å²) in [6.45, 7) is 26.4. The van der Waals surface area contributed by atoms with E-state index in [1.54, 1.807) is 12.3 Å². The van der Waals surface area contributed by atoms with Crippen LogP contribution in [0.5, 0.6) is 0 Å². The summed E-state index contributed by atoms with van der Waals surface area (Å²) >= 11 is 0. The third-order valence-corrected chi connectivity index (χ3v) is 6.60. The van der Waals surface area contributed by atoms with Gasteiger partial charge in [-0.1, -0.05) is 92.2 Å². The maximum atomic E-state index is 12.5. The number of unbranched alkanes of at least 4 members (excludes halogenated alkanes) is 1. The molecule has 1 unspecified atom stereocenters. The molecule has 0 saturated heterocycles. The van der Waals surface area contributed by atoms with Crippen molar-refractivity contribution in [2.75, 3.05) is 6.61 Å². The summed E-state index contributed by atoms with van der Waals surface area (Å²) in [5.41, 5.74) is 3.20. The Hall–Kier alpha value is -1.81. The second kappa shape index (κ2) is 18.5. The zero-order chi connectivity index (χ0) is 29.4. The Labute approximate surface area is 236 Å². The number of hydrogen-bond donors (Lipinski definition) is 0. The first kappa shape index (κ1) is 36.2. The summed E-state index contributed by atoms with van der Waals surface area (Å²) in [7, 11) is 0. The van der Waals surface area contributed by atoms with E-state index < -0.39 is 0 Å². The van der Waals surface area contributed by atoms with Gasteiger partial charge in [-0.3, -0.25) is 9.78 Å². The van der Waals surface area contributed by atoms with E-state index in [0.29, 0.717) is 11.6 Å². The van der Waals surface area contributed by atoms with Crippen molar-refractivity contribution < 1.29 is 9.53 Å². The van der Waals surface area contributed by atoms with Crippen molar-refractivity contribution in [2.24, 2.45) is 17.3 Å². The molecule has 1 aliphatic rings. The maximum absolute atomic E-state index is 12.5. The Kier molecular flexibility index (Phi) is 17.6. The first-order valence-corrected chi connectivity index (χ1v) is 15.0. The average Bonchev–Trinajstić information content (AvgIpc) is 3.62. The third-order valence-electron chi connectivity index (χ3n) is 6.60. The SMILES string of the molecule is CC1CC1.CCCC.CCCC(CC/C=C/C(=O)c1cnc(/C=C(\C)C(C)(C)C)c(C)n1)COC(C)(C)C. The van der Waals surface area contributed by atoms with Gasteiger partial charge in [-0.2, -0.15) is 0 Å². The van der Waals surface area contributed by atoms with Crippen molar-refractivity contribution >= 4 is 11.9 Å². The fourth-order valence-electron chi connectivity index (χ4n) is 3.03. The predicted molar refractivity (Wildman–Crippen MR) is 166 cm³/mol. The molecule has 1 atom stereocenters. The second-order valence-electron chi connectivity index (χ2n) is 12.9. The Morgan fingerprint density at radius 2 is 1.63 bits per heavy atom. The van der Waals surface area contributed by atoms with Gasteiger partial charge >= 0.3 is 0 Å². The van der Waals surface area contributed by atoms with Gasteiger partial charge in [0.05, 0.1) is 29.8 Å². The summed E-state index contributed by atoms with van der Waals surface area (Å²) in [6.07, 6.45) is 17.0. The molecular formula is C34H60N2O2. The monoisotopic (exact) mass is 528 g/mol. The summed E-state index contributed by atoms with van der Waals surface area (Å²) < 4.78 is 5.95. The van der Waals surface area contributed by atoms with Gasteiger partial charge in [0.1, 0.15) is 5.69 Å². The van der Waals surface area contributed by atoms with Crippen LogP contribution in [-0.2, 0) is 4.74 Å². The molecule has 0 bridgehead atoms. The second-order valence-corrected chi connectivity index (χ2v) is 12.9. The zero-order valence-electron chi connectivity index (χ0n) is 27.0. The largest absolute Gasteiger partial charge is 0.376 e. The normalized spacial score (nSPS) is 14.9. The van der Waals surface area contributed by atoms with Gasteiger partial charge in [0.2, 0.25) is 5.78 Å². The van der Waals surface area contributed by atoms with E-state index in [-0.39, 0.29) is 16.8 Å². The highest BCUT2D eigenvalue weighted by Gasteiger charge is 2.16.